The van der Waals surface area contributed by atoms with E-state index in [2.05, 4.69) is 33.2 Å². The zero-order valence-corrected chi connectivity index (χ0v) is 11.5. The number of halogens is 2. The fourth-order valence-corrected chi connectivity index (χ4v) is 2.49. The smallest absolute Gasteiger partial charge is 0.319 e. The quantitative estimate of drug-likeness (QED) is 0.786. The van der Waals surface area contributed by atoms with E-state index in [9.17, 15) is 4.79 Å². The maximum atomic E-state index is 11.6. The van der Waals surface area contributed by atoms with Gasteiger partial charge in [-0.05, 0) is 60.1 Å². The molecule has 0 atom stereocenters. The van der Waals surface area contributed by atoms with Gasteiger partial charge in [0.15, 0.2) is 0 Å². The molecule has 16 heavy (non-hydrogen) atoms. The van der Waals surface area contributed by atoms with E-state index in [1.807, 2.05) is 12.1 Å². The number of nitrogens with one attached hydrogen (secondary N) is 2. The number of rotatable bonds is 2. The molecule has 2 amide bonds. The number of urea groups is 1. The summed E-state index contributed by atoms with van der Waals surface area (Å²) in [7, 11) is 0. The molecule has 0 aliphatic heterocycles. The van der Waals surface area contributed by atoms with Crippen LogP contribution in [0.2, 0.25) is 5.02 Å². The first-order valence-corrected chi connectivity index (χ1v) is 6.63. The zero-order chi connectivity index (χ0) is 11.5. The summed E-state index contributed by atoms with van der Waals surface area (Å²) in [6, 6.07) is 5.61. The van der Waals surface area contributed by atoms with Crippen molar-refractivity contribution in [1.29, 1.82) is 0 Å². The van der Waals surface area contributed by atoms with E-state index in [0.29, 0.717) is 11.1 Å². The molecule has 1 aliphatic carbocycles. The fraction of sp³-hybridized carbons (Fsp3) is 0.364. The second kappa shape index (κ2) is 5.23. The third-order valence-corrected chi connectivity index (χ3v) is 3.75. The van der Waals surface area contributed by atoms with Gasteiger partial charge >= 0.3 is 6.03 Å². The minimum absolute atomic E-state index is 0.134. The minimum Gasteiger partial charge on any atom is -0.335 e. The topological polar surface area (TPSA) is 41.1 Å². The molecular weight excluding hydrogens is 338 g/mol. The van der Waals surface area contributed by atoms with E-state index >= 15 is 0 Å². The lowest BCUT2D eigenvalue weighted by Gasteiger charge is -2.26. The van der Waals surface area contributed by atoms with Crippen molar-refractivity contribution < 1.29 is 4.79 Å². The van der Waals surface area contributed by atoms with Gasteiger partial charge in [0.1, 0.15) is 0 Å². The van der Waals surface area contributed by atoms with Crippen molar-refractivity contribution in [2.45, 2.75) is 25.3 Å². The molecule has 1 fully saturated rings. The molecule has 86 valence electrons. The summed E-state index contributed by atoms with van der Waals surface area (Å²) in [5, 5.41) is 6.42. The predicted molar refractivity (Wildman–Crippen MR) is 74.0 cm³/mol. The van der Waals surface area contributed by atoms with E-state index in [1.54, 1.807) is 6.07 Å². The van der Waals surface area contributed by atoms with Crippen LogP contribution in [0.15, 0.2) is 18.2 Å². The Balaban J connectivity index is 1.94. The van der Waals surface area contributed by atoms with Gasteiger partial charge in [0, 0.05) is 14.6 Å². The number of hydrogen-bond acceptors (Lipinski definition) is 1. The lowest BCUT2D eigenvalue weighted by Crippen LogP contribution is -2.41. The van der Waals surface area contributed by atoms with Crippen LogP contribution in [0.25, 0.3) is 0 Å². The maximum absolute atomic E-state index is 11.6. The molecule has 1 aliphatic rings. The molecule has 0 aromatic heterocycles. The Labute approximate surface area is 113 Å². The lowest BCUT2D eigenvalue weighted by atomic mass is 9.93. The van der Waals surface area contributed by atoms with Gasteiger partial charge in [-0.15, -0.1) is 0 Å². The van der Waals surface area contributed by atoms with Gasteiger partial charge in [0.25, 0.3) is 0 Å². The van der Waals surface area contributed by atoms with Crippen molar-refractivity contribution in [2.75, 3.05) is 5.32 Å². The van der Waals surface area contributed by atoms with Crippen LogP contribution in [0.3, 0.4) is 0 Å². The van der Waals surface area contributed by atoms with Crippen molar-refractivity contribution in [2.24, 2.45) is 0 Å². The number of carbonyl (C=O) groups excluding carboxylic acids is 1. The third-order valence-electron chi connectivity index (χ3n) is 2.62. The Morgan fingerprint density at radius 1 is 1.44 bits per heavy atom. The molecule has 1 aromatic carbocycles. The van der Waals surface area contributed by atoms with E-state index < -0.39 is 0 Å². The third kappa shape index (κ3) is 3.01. The second-order valence-electron chi connectivity index (χ2n) is 3.85. The molecule has 0 unspecified atom stereocenters. The SMILES string of the molecule is O=C(Nc1ccc(Cl)cc1I)NC1CCC1. The molecule has 2 rings (SSSR count). The summed E-state index contributed by atoms with van der Waals surface area (Å²) >= 11 is 7.99. The van der Waals surface area contributed by atoms with Crippen molar-refractivity contribution in [3.05, 3.63) is 26.8 Å². The molecule has 2 N–H and O–H groups in total. The summed E-state index contributed by atoms with van der Waals surface area (Å²) in [5.74, 6) is 0. The Hall–Kier alpha value is -0.490. The van der Waals surface area contributed by atoms with Gasteiger partial charge in [-0.2, -0.15) is 0 Å². The summed E-state index contributed by atoms with van der Waals surface area (Å²) in [6.07, 6.45) is 3.39. The molecule has 5 heteroatoms. The summed E-state index contributed by atoms with van der Waals surface area (Å²) in [4.78, 5) is 11.6. The average Bonchev–Trinajstić information content (AvgIpc) is 2.16. The number of carbonyl (C=O) groups is 1. The standard InChI is InChI=1S/C11H12ClIN2O/c12-7-4-5-10(9(13)6-7)15-11(16)14-8-2-1-3-8/h4-6,8H,1-3H2,(H2,14,15,16). The largest absolute Gasteiger partial charge is 0.335 e. The van der Waals surface area contributed by atoms with Crippen LogP contribution in [-0.4, -0.2) is 12.1 Å². The highest BCUT2D eigenvalue weighted by atomic mass is 127. The second-order valence-corrected chi connectivity index (χ2v) is 5.45. The van der Waals surface area contributed by atoms with Crippen LogP contribution < -0.4 is 10.6 Å². The molecule has 0 spiro atoms. The zero-order valence-electron chi connectivity index (χ0n) is 8.59. The lowest BCUT2D eigenvalue weighted by molar-refractivity contribution is 0.240. The fourth-order valence-electron chi connectivity index (χ4n) is 1.49. The molecule has 3 nitrogen and oxygen atoms in total. The summed E-state index contributed by atoms with van der Waals surface area (Å²) < 4.78 is 0.939. The Kier molecular flexibility index (Phi) is 3.91. The monoisotopic (exact) mass is 350 g/mol. The van der Waals surface area contributed by atoms with Crippen molar-refractivity contribution in [1.82, 2.24) is 5.32 Å². The van der Waals surface area contributed by atoms with Crippen LogP contribution in [0.1, 0.15) is 19.3 Å². The summed E-state index contributed by atoms with van der Waals surface area (Å²) in [6.45, 7) is 0. The highest BCUT2D eigenvalue weighted by molar-refractivity contribution is 14.1. The molecular formula is C11H12ClIN2O. The minimum atomic E-state index is -0.134. The average molecular weight is 351 g/mol. The first kappa shape index (κ1) is 12.0. The van der Waals surface area contributed by atoms with Crippen LogP contribution >= 0.6 is 34.2 Å². The van der Waals surface area contributed by atoms with E-state index in [4.69, 9.17) is 11.6 Å². The predicted octanol–water partition coefficient (Wildman–Crippen LogP) is 3.62. The van der Waals surface area contributed by atoms with Gasteiger partial charge in [0.05, 0.1) is 5.69 Å². The first-order valence-electron chi connectivity index (χ1n) is 5.18. The van der Waals surface area contributed by atoms with Crippen molar-refractivity contribution in [3.63, 3.8) is 0 Å². The van der Waals surface area contributed by atoms with Gasteiger partial charge in [0.2, 0.25) is 0 Å². The van der Waals surface area contributed by atoms with Crippen LogP contribution in [0.4, 0.5) is 10.5 Å². The first-order chi connectivity index (χ1) is 7.65. The summed E-state index contributed by atoms with van der Waals surface area (Å²) in [5.41, 5.74) is 0.793. The van der Waals surface area contributed by atoms with Gasteiger partial charge in [-0.1, -0.05) is 11.6 Å². The number of hydrogen-bond donors (Lipinski definition) is 2. The van der Waals surface area contributed by atoms with Gasteiger partial charge in [-0.3, -0.25) is 0 Å². The Morgan fingerprint density at radius 3 is 2.75 bits per heavy atom. The van der Waals surface area contributed by atoms with Crippen molar-refractivity contribution in [3.8, 4) is 0 Å². The van der Waals surface area contributed by atoms with Crippen LogP contribution in [-0.2, 0) is 0 Å². The van der Waals surface area contributed by atoms with E-state index in [0.717, 1.165) is 22.1 Å². The van der Waals surface area contributed by atoms with E-state index in [-0.39, 0.29) is 6.03 Å². The molecule has 0 saturated heterocycles. The van der Waals surface area contributed by atoms with Gasteiger partial charge in [-0.25, -0.2) is 4.79 Å². The Morgan fingerprint density at radius 2 is 2.19 bits per heavy atom. The highest BCUT2D eigenvalue weighted by Crippen LogP contribution is 2.23. The van der Waals surface area contributed by atoms with Gasteiger partial charge < -0.3 is 10.6 Å². The maximum Gasteiger partial charge on any atom is 0.319 e. The van der Waals surface area contributed by atoms with Crippen LogP contribution in [0, 0.1) is 3.57 Å². The highest BCUT2D eigenvalue weighted by Gasteiger charge is 2.19. The van der Waals surface area contributed by atoms with Crippen molar-refractivity contribution >= 4 is 45.9 Å². The molecule has 1 saturated carbocycles. The molecule has 1 aromatic rings. The number of benzene rings is 1. The Bertz CT molecular complexity index is 407. The normalized spacial score (nSPS) is 15.4. The molecule has 0 bridgehead atoms. The molecule has 0 heterocycles. The number of amides is 2. The number of anilines is 1. The van der Waals surface area contributed by atoms with Crippen LogP contribution in [0.5, 0.6) is 0 Å². The molecule has 0 radical (unpaired) electrons. The van der Waals surface area contributed by atoms with E-state index in [1.165, 1.54) is 6.42 Å².